The van der Waals surface area contributed by atoms with Gasteiger partial charge < -0.3 is 5.11 Å². The van der Waals surface area contributed by atoms with Gasteiger partial charge in [0.05, 0.1) is 0 Å². The van der Waals surface area contributed by atoms with Gasteiger partial charge in [-0.2, -0.15) is 0 Å². The number of carboxylic acid groups (broad SMARTS) is 1. The second kappa shape index (κ2) is 4.12. The summed E-state index contributed by atoms with van der Waals surface area (Å²) in [7, 11) is 0. The van der Waals surface area contributed by atoms with Crippen LogP contribution in [0.5, 0.6) is 0 Å². The number of hydrogen-bond donors (Lipinski definition) is 2. The Hall–Kier alpha value is -0.570. The molecule has 2 fully saturated rings. The first-order valence-corrected chi connectivity index (χ1v) is 6.17. The molecule has 15 heavy (non-hydrogen) atoms. The summed E-state index contributed by atoms with van der Waals surface area (Å²) in [6, 6.07) is 0.483. The summed E-state index contributed by atoms with van der Waals surface area (Å²) < 4.78 is 0. The summed E-state index contributed by atoms with van der Waals surface area (Å²) in [5, 5.41) is 12.8. The molecule has 2 atom stereocenters. The molecular formula is C12H21NO2. The minimum Gasteiger partial charge on any atom is -0.480 e. The van der Waals surface area contributed by atoms with E-state index in [0.29, 0.717) is 12.0 Å². The smallest absolute Gasteiger partial charge is 0.323 e. The third kappa shape index (κ3) is 2.33. The van der Waals surface area contributed by atoms with Gasteiger partial charge >= 0.3 is 5.97 Å². The van der Waals surface area contributed by atoms with E-state index in [0.717, 1.165) is 38.5 Å². The van der Waals surface area contributed by atoms with Crippen LogP contribution in [-0.4, -0.2) is 22.7 Å². The summed E-state index contributed by atoms with van der Waals surface area (Å²) in [6.07, 6.45) is 7.34. The van der Waals surface area contributed by atoms with Crippen LogP contribution in [0.4, 0.5) is 0 Å². The van der Waals surface area contributed by atoms with E-state index in [2.05, 4.69) is 12.2 Å². The van der Waals surface area contributed by atoms with Gasteiger partial charge in [0.25, 0.3) is 0 Å². The Bertz CT molecular complexity index is 250. The lowest BCUT2D eigenvalue weighted by molar-refractivity contribution is -0.147. The predicted molar refractivity (Wildman–Crippen MR) is 58.8 cm³/mol. The van der Waals surface area contributed by atoms with E-state index in [1.165, 1.54) is 6.42 Å². The molecule has 0 aromatic rings. The second-order valence-corrected chi connectivity index (χ2v) is 5.18. The minimum atomic E-state index is -0.632. The summed E-state index contributed by atoms with van der Waals surface area (Å²) in [4.78, 5) is 11.4. The minimum absolute atomic E-state index is 0.483. The van der Waals surface area contributed by atoms with Gasteiger partial charge in [-0.3, -0.25) is 10.1 Å². The molecule has 86 valence electrons. The topological polar surface area (TPSA) is 49.3 Å². The first-order chi connectivity index (χ1) is 7.16. The molecule has 0 aliphatic heterocycles. The van der Waals surface area contributed by atoms with E-state index in [4.69, 9.17) is 0 Å². The lowest BCUT2D eigenvalue weighted by Gasteiger charge is -2.38. The fraction of sp³-hybridized carbons (Fsp3) is 0.917. The molecule has 0 spiro atoms. The Kier molecular flexibility index (Phi) is 3.01. The molecule has 2 unspecified atom stereocenters. The molecule has 2 saturated carbocycles. The molecule has 0 heterocycles. The van der Waals surface area contributed by atoms with Gasteiger partial charge in [0.2, 0.25) is 0 Å². The van der Waals surface area contributed by atoms with Gasteiger partial charge in [-0.25, -0.2) is 0 Å². The van der Waals surface area contributed by atoms with Crippen LogP contribution in [0.1, 0.15) is 51.9 Å². The summed E-state index contributed by atoms with van der Waals surface area (Å²) in [6.45, 7) is 2.17. The van der Waals surface area contributed by atoms with Gasteiger partial charge in [-0.1, -0.05) is 26.2 Å². The van der Waals surface area contributed by atoms with Gasteiger partial charge in [-0.05, 0) is 31.6 Å². The van der Waals surface area contributed by atoms with Gasteiger partial charge in [0, 0.05) is 6.04 Å². The first-order valence-electron chi connectivity index (χ1n) is 6.17. The largest absolute Gasteiger partial charge is 0.480 e. The van der Waals surface area contributed by atoms with Crippen LogP contribution in [-0.2, 0) is 4.79 Å². The zero-order chi connectivity index (χ0) is 10.9. The van der Waals surface area contributed by atoms with Crippen molar-refractivity contribution in [2.24, 2.45) is 5.92 Å². The van der Waals surface area contributed by atoms with Crippen molar-refractivity contribution in [3.63, 3.8) is 0 Å². The average molecular weight is 211 g/mol. The maximum absolute atomic E-state index is 11.4. The Morgan fingerprint density at radius 1 is 1.47 bits per heavy atom. The SMILES string of the molecule is CCC1CCCC(NC2CC2)(C(=O)O)C1. The predicted octanol–water partition coefficient (Wildman–Crippen LogP) is 2.16. The Morgan fingerprint density at radius 2 is 2.20 bits per heavy atom. The highest BCUT2D eigenvalue weighted by Crippen LogP contribution is 2.37. The van der Waals surface area contributed by atoms with E-state index in [1.807, 2.05) is 0 Å². The standard InChI is InChI=1S/C12H21NO2/c1-2-9-4-3-7-12(8-9,11(14)15)13-10-5-6-10/h9-10,13H,2-8H2,1H3,(H,14,15). The molecule has 0 saturated heterocycles. The number of hydrogen-bond acceptors (Lipinski definition) is 2. The highest BCUT2D eigenvalue weighted by atomic mass is 16.4. The summed E-state index contributed by atoms with van der Waals surface area (Å²) in [5.74, 6) is -0.0337. The third-order valence-electron chi connectivity index (χ3n) is 3.90. The average Bonchev–Trinajstić information content (AvgIpc) is 3.01. The lowest BCUT2D eigenvalue weighted by Crippen LogP contribution is -2.55. The van der Waals surface area contributed by atoms with Crippen molar-refractivity contribution >= 4 is 5.97 Å². The monoisotopic (exact) mass is 211 g/mol. The first kappa shape index (κ1) is 10.9. The number of carbonyl (C=O) groups is 1. The Balaban J connectivity index is 2.05. The van der Waals surface area contributed by atoms with Gasteiger partial charge in [0.1, 0.15) is 5.54 Å². The fourth-order valence-corrected chi connectivity index (χ4v) is 2.74. The number of nitrogens with one attached hydrogen (secondary N) is 1. The van der Waals surface area contributed by atoms with Crippen LogP contribution in [0.15, 0.2) is 0 Å². The van der Waals surface area contributed by atoms with Gasteiger partial charge in [0.15, 0.2) is 0 Å². The number of aliphatic carboxylic acids is 1. The van der Waals surface area contributed by atoms with Crippen molar-refractivity contribution in [3.05, 3.63) is 0 Å². The maximum Gasteiger partial charge on any atom is 0.323 e. The molecule has 0 aromatic heterocycles. The van der Waals surface area contributed by atoms with E-state index in [9.17, 15) is 9.90 Å². The van der Waals surface area contributed by atoms with E-state index in [-0.39, 0.29) is 0 Å². The maximum atomic E-state index is 11.4. The highest BCUT2D eigenvalue weighted by molar-refractivity contribution is 5.79. The molecule has 0 bridgehead atoms. The molecule has 2 aliphatic carbocycles. The van der Waals surface area contributed by atoms with Crippen LogP contribution < -0.4 is 5.32 Å². The molecule has 2 N–H and O–H groups in total. The van der Waals surface area contributed by atoms with Crippen molar-refractivity contribution in [1.82, 2.24) is 5.32 Å². The third-order valence-corrected chi connectivity index (χ3v) is 3.90. The summed E-state index contributed by atoms with van der Waals surface area (Å²) in [5.41, 5.74) is -0.597. The van der Waals surface area contributed by atoms with Crippen molar-refractivity contribution < 1.29 is 9.90 Å². The molecule has 0 aromatic carbocycles. The molecule has 0 amide bonds. The molecule has 3 heteroatoms. The van der Waals surface area contributed by atoms with E-state index >= 15 is 0 Å². The van der Waals surface area contributed by atoms with Crippen molar-refractivity contribution in [1.29, 1.82) is 0 Å². The van der Waals surface area contributed by atoms with Crippen LogP contribution in [0.2, 0.25) is 0 Å². The van der Waals surface area contributed by atoms with Crippen molar-refractivity contribution in [2.45, 2.75) is 63.5 Å². The molecule has 2 rings (SSSR count). The number of rotatable bonds is 4. The van der Waals surface area contributed by atoms with Crippen LogP contribution in [0, 0.1) is 5.92 Å². The Morgan fingerprint density at radius 3 is 2.73 bits per heavy atom. The second-order valence-electron chi connectivity index (χ2n) is 5.18. The molecule has 0 radical (unpaired) electrons. The van der Waals surface area contributed by atoms with E-state index in [1.54, 1.807) is 0 Å². The zero-order valence-corrected chi connectivity index (χ0v) is 9.46. The lowest BCUT2D eigenvalue weighted by atomic mass is 9.74. The highest BCUT2D eigenvalue weighted by Gasteiger charge is 2.45. The van der Waals surface area contributed by atoms with E-state index < -0.39 is 11.5 Å². The van der Waals surface area contributed by atoms with Crippen molar-refractivity contribution in [2.75, 3.05) is 0 Å². The van der Waals surface area contributed by atoms with Crippen LogP contribution in [0.25, 0.3) is 0 Å². The van der Waals surface area contributed by atoms with Crippen molar-refractivity contribution in [3.8, 4) is 0 Å². The molecule has 3 nitrogen and oxygen atoms in total. The Labute approximate surface area is 91.2 Å². The van der Waals surface area contributed by atoms with Gasteiger partial charge in [-0.15, -0.1) is 0 Å². The fourth-order valence-electron chi connectivity index (χ4n) is 2.74. The normalized spacial score (nSPS) is 36.5. The molecular weight excluding hydrogens is 190 g/mol. The number of carboxylic acids is 1. The quantitative estimate of drug-likeness (QED) is 0.749. The summed E-state index contributed by atoms with van der Waals surface area (Å²) >= 11 is 0. The van der Waals surface area contributed by atoms with Crippen LogP contribution in [0.3, 0.4) is 0 Å². The molecule has 2 aliphatic rings. The van der Waals surface area contributed by atoms with Crippen LogP contribution >= 0.6 is 0 Å². The zero-order valence-electron chi connectivity index (χ0n) is 9.46.